The Hall–Kier alpha value is -2.03. The topological polar surface area (TPSA) is 29.3 Å². The molecule has 3 aromatic rings. The average Bonchev–Trinajstić information content (AvgIpc) is 3.03. The predicted molar refractivity (Wildman–Crippen MR) is 112 cm³/mol. The summed E-state index contributed by atoms with van der Waals surface area (Å²) in [5.41, 5.74) is 4.81. The molecule has 2 saturated heterocycles. The van der Waals surface area contributed by atoms with Crippen LogP contribution >= 0.6 is 0 Å². The van der Waals surface area contributed by atoms with Crippen LogP contribution in [0.15, 0.2) is 34.9 Å². The second-order valence-electron chi connectivity index (χ2n) is 9.55. The molecule has 1 aliphatic carbocycles. The first-order valence-electron chi connectivity index (χ1n) is 10.4. The van der Waals surface area contributed by atoms with Gasteiger partial charge in [-0.05, 0) is 68.6 Å². The molecular formula is C24H30N2O. The van der Waals surface area contributed by atoms with Crippen molar-refractivity contribution >= 4 is 27.8 Å². The molecule has 3 heteroatoms. The minimum absolute atomic E-state index is 0.155. The van der Waals surface area contributed by atoms with Crippen LogP contribution in [0.3, 0.4) is 0 Å². The number of hydrogen-bond acceptors (Lipinski definition) is 3. The summed E-state index contributed by atoms with van der Waals surface area (Å²) in [6.45, 7) is 14.6. The van der Waals surface area contributed by atoms with Gasteiger partial charge in [0, 0.05) is 28.6 Å². The molecule has 6 rings (SSSR count). The monoisotopic (exact) mass is 362 g/mol. The number of aromatic nitrogens is 1. The fourth-order valence-corrected chi connectivity index (χ4v) is 6.26. The molecule has 2 aliphatic heterocycles. The molecule has 4 heterocycles. The molecule has 5 unspecified atom stereocenters. The van der Waals surface area contributed by atoms with Crippen LogP contribution in [-0.2, 0) is 0 Å². The van der Waals surface area contributed by atoms with Crippen LogP contribution in [-0.4, -0.2) is 16.6 Å². The van der Waals surface area contributed by atoms with E-state index in [4.69, 9.17) is 4.42 Å². The van der Waals surface area contributed by atoms with Gasteiger partial charge in [0.15, 0.2) is 5.58 Å². The van der Waals surface area contributed by atoms with E-state index in [0.29, 0.717) is 17.4 Å². The number of nitrogens with zero attached hydrogens (tertiary/aromatic N) is 2. The van der Waals surface area contributed by atoms with E-state index in [9.17, 15) is 0 Å². The van der Waals surface area contributed by atoms with Crippen molar-refractivity contribution < 1.29 is 4.42 Å². The van der Waals surface area contributed by atoms with Crippen molar-refractivity contribution in [1.82, 2.24) is 4.98 Å². The lowest BCUT2D eigenvalue weighted by molar-refractivity contribution is -0.0523. The Bertz CT molecular complexity index is 1050. The van der Waals surface area contributed by atoms with Crippen LogP contribution in [0.2, 0.25) is 0 Å². The molecule has 0 amide bonds. The van der Waals surface area contributed by atoms with Gasteiger partial charge in [-0.15, -0.1) is 0 Å². The van der Waals surface area contributed by atoms with E-state index in [1.165, 1.54) is 29.5 Å². The molecule has 1 saturated carbocycles. The Balaban J connectivity index is 1.82. The van der Waals surface area contributed by atoms with E-state index in [1.807, 2.05) is 12.3 Å². The molecule has 2 aromatic heterocycles. The van der Waals surface area contributed by atoms with Crippen molar-refractivity contribution in [2.75, 3.05) is 4.90 Å². The summed E-state index contributed by atoms with van der Waals surface area (Å²) in [6, 6.07) is 9.05. The SMILES string of the molecule is Cc1ccc2c(oc3ncccc32)c1N1C(C)C2(C)CCC1(C)C(C)C2C. The number of aryl methyl sites for hydroxylation is 1. The fourth-order valence-electron chi connectivity index (χ4n) is 6.26. The fraction of sp³-hybridized carbons (Fsp3) is 0.542. The van der Waals surface area contributed by atoms with E-state index < -0.39 is 0 Å². The number of benzene rings is 1. The van der Waals surface area contributed by atoms with Crippen LogP contribution < -0.4 is 4.90 Å². The molecule has 5 atom stereocenters. The van der Waals surface area contributed by atoms with E-state index in [0.717, 1.165) is 22.6 Å². The molecule has 2 bridgehead atoms. The zero-order valence-electron chi connectivity index (χ0n) is 17.3. The van der Waals surface area contributed by atoms with Crippen molar-refractivity contribution in [1.29, 1.82) is 0 Å². The standard InChI is InChI=1S/C24H30N2O/c1-14-9-10-18-19-8-7-13-25-22(19)27-21(18)20(14)26-17(4)23(5)11-12-24(26,6)16(3)15(23)2/h7-10,13,15-17H,11-12H2,1-6H3. The predicted octanol–water partition coefficient (Wildman–Crippen LogP) is 6.33. The summed E-state index contributed by atoms with van der Waals surface area (Å²) in [6.07, 6.45) is 4.37. The van der Waals surface area contributed by atoms with Gasteiger partial charge >= 0.3 is 0 Å². The van der Waals surface area contributed by atoms with E-state index in [-0.39, 0.29) is 5.54 Å². The number of piperidine rings is 2. The van der Waals surface area contributed by atoms with Crippen LogP contribution in [0, 0.1) is 24.2 Å². The average molecular weight is 363 g/mol. The quantitative estimate of drug-likeness (QED) is 0.506. The highest BCUT2D eigenvalue weighted by Gasteiger charge is 2.60. The van der Waals surface area contributed by atoms with Gasteiger partial charge in [0.1, 0.15) is 0 Å². The second kappa shape index (κ2) is 5.27. The van der Waals surface area contributed by atoms with Gasteiger partial charge in [-0.1, -0.05) is 32.9 Å². The highest BCUT2D eigenvalue weighted by atomic mass is 16.3. The Kier molecular flexibility index (Phi) is 3.34. The van der Waals surface area contributed by atoms with Gasteiger partial charge in [-0.2, -0.15) is 0 Å². The van der Waals surface area contributed by atoms with Crippen LogP contribution in [0.5, 0.6) is 0 Å². The first kappa shape index (κ1) is 17.1. The first-order chi connectivity index (χ1) is 12.8. The zero-order valence-corrected chi connectivity index (χ0v) is 17.3. The van der Waals surface area contributed by atoms with Gasteiger partial charge < -0.3 is 9.32 Å². The van der Waals surface area contributed by atoms with Crippen LogP contribution in [0.25, 0.3) is 22.1 Å². The molecule has 1 aromatic carbocycles. The van der Waals surface area contributed by atoms with Crippen LogP contribution in [0.1, 0.15) is 53.0 Å². The molecule has 0 N–H and O–H groups in total. The van der Waals surface area contributed by atoms with E-state index in [1.54, 1.807) is 0 Å². The highest BCUT2D eigenvalue weighted by Crippen LogP contribution is 2.61. The first-order valence-corrected chi connectivity index (χ1v) is 10.4. The maximum Gasteiger partial charge on any atom is 0.227 e. The number of fused-ring (bicyclic) bond motifs is 6. The zero-order chi connectivity index (χ0) is 19.1. The van der Waals surface area contributed by atoms with Gasteiger partial charge in [0.25, 0.3) is 0 Å². The largest absolute Gasteiger partial charge is 0.436 e. The molecular weight excluding hydrogens is 332 g/mol. The van der Waals surface area contributed by atoms with Crippen LogP contribution in [0.4, 0.5) is 5.69 Å². The van der Waals surface area contributed by atoms with Gasteiger partial charge in [-0.25, -0.2) is 4.98 Å². The summed E-state index contributed by atoms with van der Waals surface area (Å²) < 4.78 is 6.36. The summed E-state index contributed by atoms with van der Waals surface area (Å²) >= 11 is 0. The maximum absolute atomic E-state index is 6.36. The number of rotatable bonds is 1. The van der Waals surface area contributed by atoms with Gasteiger partial charge in [-0.3, -0.25) is 0 Å². The summed E-state index contributed by atoms with van der Waals surface area (Å²) in [5, 5.41) is 2.29. The summed E-state index contributed by atoms with van der Waals surface area (Å²) in [5.74, 6) is 1.36. The third-order valence-electron chi connectivity index (χ3n) is 8.67. The van der Waals surface area contributed by atoms with Crippen molar-refractivity contribution in [2.45, 2.75) is 66.0 Å². The Morgan fingerprint density at radius 1 is 1.04 bits per heavy atom. The third kappa shape index (κ3) is 1.95. The molecule has 3 aliphatic rings. The van der Waals surface area contributed by atoms with Crippen molar-refractivity contribution in [3.63, 3.8) is 0 Å². The lowest BCUT2D eigenvalue weighted by Crippen LogP contribution is -2.72. The molecule has 27 heavy (non-hydrogen) atoms. The van der Waals surface area contributed by atoms with E-state index in [2.05, 4.69) is 69.6 Å². The van der Waals surface area contributed by atoms with E-state index >= 15 is 0 Å². The lowest BCUT2D eigenvalue weighted by Gasteiger charge is -2.68. The Morgan fingerprint density at radius 3 is 2.59 bits per heavy atom. The Labute approximate surface area is 161 Å². The second-order valence-corrected chi connectivity index (χ2v) is 9.55. The summed E-state index contributed by atoms with van der Waals surface area (Å²) in [4.78, 5) is 7.20. The summed E-state index contributed by atoms with van der Waals surface area (Å²) in [7, 11) is 0. The maximum atomic E-state index is 6.36. The van der Waals surface area contributed by atoms with Crippen molar-refractivity contribution in [3.05, 3.63) is 36.0 Å². The lowest BCUT2D eigenvalue weighted by atomic mass is 9.50. The number of anilines is 1. The molecule has 3 nitrogen and oxygen atoms in total. The van der Waals surface area contributed by atoms with Gasteiger partial charge in [0.2, 0.25) is 5.71 Å². The number of furan rings is 1. The Morgan fingerprint density at radius 2 is 1.81 bits per heavy atom. The molecule has 0 radical (unpaired) electrons. The number of pyridine rings is 1. The van der Waals surface area contributed by atoms with Crippen molar-refractivity contribution in [3.8, 4) is 0 Å². The number of hydrogen-bond donors (Lipinski definition) is 0. The molecule has 3 fully saturated rings. The minimum atomic E-state index is 0.155. The smallest absolute Gasteiger partial charge is 0.227 e. The third-order valence-corrected chi connectivity index (χ3v) is 8.67. The minimum Gasteiger partial charge on any atom is -0.436 e. The van der Waals surface area contributed by atoms with Crippen molar-refractivity contribution in [2.24, 2.45) is 17.3 Å². The van der Waals surface area contributed by atoms with Gasteiger partial charge in [0.05, 0.1) is 5.69 Å². The highest BCUT2D eigenvalue weighted by molar-refractivity contribution is 6.08. The normalized spacial score (nSPS) is 36.1. The molecule has 142 valence electrons. The molecule has 0 spiro atoms.